The summed E-state index contributed by atoms with van der Waals surface area (Å²) in [6.45, 7) is 8.95. The largest absolute Gasteiger partial charge is 0.441 e. The van der Waals surface area contributed by atoms with Crippen LogP contribution < -0.4 is 5.32 Å². The molecule has 25 heavy (non-hydrogen) atoms. The Morgan fingerprint density at radius 3 is 2.56 bits per heavy atom. The van der Waals surface area contributed by atoms with Crippen LogP contribution in [0.5, 0.6) is 0 Å². The van der Waals surface area contributed by atoms with Crippen LogP contribution in [0.1, 0.15) is 49.4 Å². The number of aryl methyl sites for hydroxylation is 1. The van der Waals surface area contributed by atoms with Gasteiger partial charge in [0, 0.05) is 17.6 Å². The molecule has 2 heterocycles. The van der Waals surface area contributed by atoms with Crippen molar-refractivity contribution in [2.24, 2.45) is 0 Å². The number of amides is 1. The Hall–Kier alpha value is -2.14. The fourth-order valence-electron chi connectivity index (χ4n) is 3.30. The first-order valence-electron chi connectivity index (χ1n) is 9.03. The third-order valence-electron chi connectivity index (χ3n) is 4.93. The van der Waals surface area contributed by atoms with Crippen molar-refractivity contribution in [3.63, 3.8) is 0 Å². The summed E-state index contributed by atoms with van der Waals surface area (Å²) in [5.74, 6) is 0.860. The van der Waals surface area contributed by atoms with Gasteiger partial charge in [0.05, 0.1) is 0 Å². The van der Waals surface area contributed by atoms with Crippen LogP contribution in [0.3, 0.4) is 0 Å². The van der Waals surface area contributed by atoms with Crippen LogP contribution in [0.4, 0.5) is 0 Å². The number of carbonyl (C=O) groups is 1. The van der Waals surface area contributed by atoms with Crippen LogP contribution in [0.25, 0.3) is 11.5 Å². The lowest BCUT2D eigenvalue weighted by Gasteiger charge is -2.41. The second-order valence-corrected chi connectivity index (χ2v) is 7.33. The van der Waals surface area contributed by atoms with Gasteiger partial charge in [-0.25, -0.2) is 4.98 Å². The van der Waals surface area contributed by atoms with Crippen LogP contribution in [-0.2, 0) is 0 Å². The fourth-order valence-corrected chi connectivity index (χ4v) is 3.30. The van der Waals surface area contributed by atoms with Crippen molar-refractivity contribution in [3.8, 4) is 11.5 Å². The molecule has 0 saturated carbocycles. The van der Waals surface area contributed by atoms with Crippen molar-refractivity contribution in [1.82, 2.24) is 15.2 Å². The Bertz CT molecular complexity index is 716. The smallest absolute Gasteiger partial charge is 0.273 e. The Labute approximate surface area is 149 Å². The van der Waals surface area contributed by atoms with Gasteiger partial charge < -0.3 is 9.73 Å². The minimum atomic E-state index is -0.173. The summed E-state index contributed by atoms with van der Waals surface area (Å²) in [6.07, 6.45) is 3.78. The summed E-state index contributed by atoms with van der Waals surface area (Å²) in [5, 5.41) is 3.04. The molecule has 0 unspecified atom stereocenters. The van der Waals surface area contributed by atoms with E-state index in [0.717, 1.165) is 18.7 Å². The minimum Gasteiger partial charge on any atom is -0.441 e. The first kappa shape index (κ1) is 17.7. The number of likely N-dealkylation sites (tertiary alicyclic amines) is 1. The highest BCUT2D eigenvalue weighted by Gasteiger charge is 2.29. The summed E-state index contributed by atoms with van der Waals surface area (Å²) in [4.78, 5) is 19.4. The highest BCUT2D eigenvalue weighted by atomic mass is 16.4. The Morgan fingerprint density at radius 1 is 1.20 bits per heavy atom. The van der Waals surface area contributed by atoms with Gasteiger partial charge in [-0.3, -0.25) is 9.69 Å². The molecule has 1 N–H and O–H groups in total. The molecule has 0 aliphatic carbocycles. The molecule has 1 aliphatic heterocycles. The standard InChI is InChI=1S/C20H27N3O2/c1-15-17(22-19(25-15)16-10-6-4-7-11-16)18(24)21-14-20(2,3)23-12-8-5-9-13-23/h4,6-7,10-11H,5,8-9,12-14H2,1-3H3,(H,21,24). The molecule has 1 saturated heterocycles. The zero-order valence-electron chi connectivity index (χ0n) is 15.3. The molecule has 1 aliphatic rings. The quantitative estimate of drug-likeness (QED) is 0.902. The Balaban J connectivity index is 1.66. The molecule has 1 fully saturated rings. The van der Waals surface area contributed by atoms with Gasteiger partial charge in [-0.1, -0.05) is 24.6 Å². The molecular weight excluding hydrogens is 314 g/mol. The molecule has 2 aromatic rings. The van der Waals surface area contributed by atoms with E-state index in [1.165, 1.54) is 19.3 Å². The monoisotopic (exact) mass is 341 g/mol. The molecule has 1 amide bonds. The van der Waals surface area contributed by atoms with E-state index in [4.69, 9.17) is 4.42 Å². The number of piperidine rings is 1. The highest BCUT2D eigenvalue weighted by Crippen LogP contribution is 2.22. The van der Waals surface area contributed by atoms with Crippen molar-refractivity contribution >= 4 is 5.91 Å². The van der Waals surface area contributed by atoms with Crippen molar-refractivity contribution in [2.45, 2.75) is 45.6 Å². The van der Waals surface area contributed by atoms with Crippen LogP contribution in [0, 0.1) is 6.92 Å². The number of carbonyl (C=O) groups excluding carboxylic acids is 1. The summed E-state index contributed by atoms with van der Waals surface area (Å²) >= 11 is 0. The first-order valence-corrected chi connectivity index (χ1v) is 9.03. The van der Waals surface area contributed by atoms with E-state index >= 15 is 0 Å². The number of aromatic nitrogens is 1. The summed E-state index contributed by atoms with van der Waals surface area (Å²) < 4.78 is 5.69. The van der Waals surface area contributed by atoms with Gasteiger partial charge in [0.25, 0.3) is 5.91 Å². The lowest BCUT2D eigenvalue weighted by atomic mass is 9.98. The zero-order chi connectivity index (χ0) is 17.9. The maximum absolute atomic E-state index is 12.6. The normalized spacial score (nSPS) is 16.0. The van der Waals surface area contributed by atoms with Crippen LogP contribution in [0.2, 0.25) is 0 Å². The number of hydrogen-bond acceptors (Lipinski definition) is 4. The lowest BCUT2D eigenvalue weighted by Crippen LogP contribution is -2.53. The summed E-state index contributed by atoms with van der Waals surface area (Å²) in [7, 11) is 0. The maximum Gasteiger partial charge on any atom is 0.273 e. The average molecular weight is 341 g/mol. The van der Waals surface area contributed by atoms with Gasteiger partial charge in [-0.05, 0) is 58.8 Å². The molecule has 1 aromatic heterocycles. The second-order valence-electron chi connectivity index (χ2n) is 7.33. The second kappa shape index (κ2) is 7.40. The predicted molar refractivity (Wildman–Crippen MR) is 98.5 cm³/mol. The topological polar surface area (TPSA) is 58.4 Å². The van der Waals surface area contributed by atoms with Crippen molar-refractivity contribution in [2.75, 3.05) is 19.6 Å². The predicted octanol–water partition coefficient (Wildman–Crippen LogP) is 3.64. The van der Waals surface area contributed by atoms with Gasteiger partial charge in [-0.2, -0.15) is 0 Å². The zero-order valence-corrected chi connectivity index (χ0v) is 15.3. The molecule has 1 aromatic carbocycles. The van der Waals surface area contributed by atoms with Gasteiger partial charge in [-0.15, -0.1) is 0 Å². The first-order chi connectivity index (χ1) is 12.0. The van der Waals surface area contributed by atoms with Crippen LogP contribution >= 0.6 is 0 Å². The van der Waals surface area contributed by atoms with E-state index in [-0.39, 0.29) is 11.4 Å². The molecular formula is C20H27N3O2. The van der Waals surface area contributed by atoms with E-state index in [1.807, 2.05) is 30.3 Å². The molecule has 134 valence electrons. The number of nitrogens with one attached hydrogen (secondary N) is 1. The minimum absolute atomic E-state index is 0.0595. The van der Waals surface area contributed by atoms with E-state index < -0.39 is 0 Å². The van der Waals surface area contributed by atoms with E-state index in [9.17, 15) is 4.79 Å². The Kier molecular flexibility index (Phi) is 5.23. The third-order valence-corrected chi connectivity index (χ3v) is 4.93. The van der Waals surface area contributed by atoms with Crippen molar-refractivity contribution < 1.29 is 9.21 Å². The average Bonchev–Trinajstić information content (AvgIpc) is 3.03. The number of rotatable bonds is 5. The molecule has 0 spiro atoms. The third kappa shape index (κ3) is 4.10. The summed E-state index contributed by atoms with van der Waals surface area (Å²) in [6, 6.07) is 9.64. The van der Waals surface area contributed by atoms with E-state index in [2.05, 4.69) is 29.0 Å². The fraction of sp³-hybridized carbons (Fsp3) is 0.500. The molecule has 3 rings (SSSR count). The number of hydrogen-bond donors (Lipinski definition) is 1. The van der Waals surface area contributed by atoms with Crippen LogP contribution in [-0.4, -0.2) is 41.0 Å². The van der Waals surface area contributed by atoms with Gasteiger partial charge in [0.1, 0.15) is 5.76 Å². The SMILES string of the molecule is Cc1oc(-c2ccccc2)nc1C(=O)NCC(C)(C)N1CCCCC1. The van der Waals surface area contributed by atoms with Gasteiger partial charge in [0.15, 0.2) is 5.69 Å². The van der Waals surface area contributed by atoms with Gasteiger partial charge >= 0.3 is 0 Å². The van der Waals surface area contributed by atoms with Crippen molar-refractivity contribution in [1.29, 1.82) is 0 Å². The molecule has 0 atom stereocenters. The van der Waals surface area contributed by atoms with Crippen LogP contribution in [0.15, 0.2) is 34.7 Å². The molecule has 5 nitrogen and oxygen atoms in total. The van der Waals surface area contributed by atoms with Crippen molar-refractivity contribution in [3.05, 3.63) is 41.8 Å². The van der Waals surface area contributed by atoms with Gasteiger partial charge in [0.2, 0.25) is 5.89 Å². The van der Waals surface area contributed by atoms with E-state index in [0.29, 0.717) is 23.9 Å². The molecule has 0 radical (unpaired) electrons. The lowest BCUT2D eigenvalue weighted by molar-refractivity contribution is 0.0794. The summed E-state index contributed by atoms with van der Waals surface area (Å²) in [5.41, 5.74) is 1.18. The molecule has 0 bridgehead atoms. The van der Waals surface area contributed by atoms with E-state index in [1.54, 1.807) is 6.92 Å². The molecule has 5 heteroatoms. The number of nitrogens with zero attached hydrogens (tertiary/aromatic N) is 2. The number of benzene rings is 1. The maximum atomic E-state index is 12.6. The number of oxazole rings is 1. The Morgan fingerprint density at radius 2 is 1.88 bits per heavy atom. The highest BCUT2D eigenvalue weighted by molar-refractivity contribution is 5.93.